The predicted molar refractivity (Wildman–Crippen MR) is 51.1 cm³/mol. The summed E-state index contributed by atoms with van der Waals surface area (Å²) in [7, 11) is 0. The Labute approximate surface area is 95.6 Å². The predicted octanol–water partition coefficient (Wildman–Crippen LogP) is 0.700. The maximum atomic E-state index is 5.57. The average molecular weight is 186 g/mol. The van der Waals surface area contributed by atoms with Gasteiger partial charge >= 0.3 is 96.0 Å². The van der Waals surface area contributed by atoms with Crippen LogP contribution in [0.25, 0.3) is 0 Å². The average Bonchev–Trinajstić information content (AvgIpc) is 2.54. The van der Waals surface area contributed by atoms with E-state index in [1.54, 1.807) is 0 Å². The second kappa shape index (κ2) is 3.71. The first-order valence-corrected chi connectivity index (χ1v) is 5.56. The molecular formula is C10H11NaO2. The van der Waals surface area contributed by atoms with E-state index in [2.05, 4.69) is 24.3 Å². The molecule has 2 rings (SSSR count). The van der Waals surface area contributed by atoms with Crippen molar-refractivity contribution >= 4 is 30.7 Å². The first kappa shape index (κ1) is 9.69. The number of rotatable bonds is 1. The van der Waals surface area contributed by atoms with Gasteiger partial charge < -0.3 is 0 Å². The molecule has 1 fully saturated rings. The number of hydrogen-bond acceptors (Lipinski definition) is 2. The number of benzene rings is 1. The van der Waals surface area contributed by atoms with Gasteiger partial charge in [-0.25, -0.2) is 0 Å². The molecule has 1 aromatic rings. The summed E-state index contributed by atoms with van der Waals surface area (Å²) in [6.07, 6.45) is 0. The molecule has 0 saturated carbocycles. The van der Waals surface area contributed by atoms with Crippen LogP contribution in [0, 0.1) is 0 Å². The van der Waals surface area contributed by atoms with Crippen molar-refractivity contribution in [2.75, 3.05) is 13.2 Å². The van der Waals surface area contributed by atoms with Crippen molar-refractivity contribution < 1.29 is 9.47 Å². The van der Waals surface area contributed by atoms with E-state index in [1.807, 2.05) is 6.92 Å². The van der Waals surface area contributed by atoms with E-state index in [9.17, 15) is 0 Å². The fourth-order valence-corrected chi connectivity index (χ4v) is 2.11. The van der Waals surface area contributed by atoms with Crippen molar-refractivity contribution in [1.82, 2.24) is 0 Å². The van der Waals surface area contributed by atoms with Crippen LogP contribution >= 0.6 is 0 Å². The summed E-state index contributed by atoms with van der Waals surface area (Å²) in [6.45, 7) is 3.38. The van der Waals surface area contributed by atoms with E-state index in [0.29, 0.717) is 13.2 Å². The molecule has 1 heterocycles. The van der Waals surface area contributed by atoms with Crippen LogP contribution in [0.3, 0.4) is 0 Å². The van der Waals surface area contributed by atoms with Gasteiger partial charge in [0.2, 0.25) is 0 Å². The summed E-state index contributed by atoms with van der Waals surface area (Å²) >= 11 is 1.07. The fraction of sp³-hybridized carbons (Fsp3) is 0.400. The van der Waals surface area contributed by atoms with Crippen molar-refractivity contribution in [3.05, 3.63) is 29.8 Å². The van der Waals surface area contributed by atoms with E-state index < -0.39 is 5.79 Å². The van der Waals surface area contributed by atoms with Crippen LogP contribution in [0.2, 0.25) is 0 Å². The minimum absolute atomic E-state index is 0.500. The van der Waals surface area contributed by atoms with E-state index in [0.717, 1.165) is 33.5 Å². The third-order valence-electron chi connectivity index (χ3n) is 2.38. The quantitative estimate of drug-likeness (QED) is 0.601. The molecule has 1 saturated heterocycles. The molecule has 0 unspecified atom stereocenters. The van der Waals surface area contributed by atoms with Crippen LogP contribution in [0.5, 0.6) is 0 Å². The van der Waals surface area contributed by atoms with Crippen LogP contribution in [-0.4, -0.2) is 41.1 Å². The second-order valence-electron chi connectivity index (χ2n) is 3.51. The van der Waals surface area contributed by atoms with Crippen molar-refractivity contribution in [3.63, 3.8) is 0 Å². The van der Waals surface area contributed by atoms with Crippen LogP contribution < -0.4 is 2.81 Å². The summed E-state index contributed by atoms with van der Waals surface area (Å²) in [6, 6.07) is 8.42. The van der Waals surface area contributed by atoms with Gasteiger partial charge in [0.05, 0.1) is 0 Å². The van der Waals surface area contributed by atoms with Crippen molar-refractivity contribution in [3.8, 4) is 0 Å². The third-order valence-corrected chi connectivity index (χ3v) is 3.00. The molecule has 0 aliphatic carbocycles. The molecule has 64 valence electrons. The van der Waals surface area contributed by atoms with E-state index >= 15 is 0 Å². The van der Waals surface area contributed by atoms with E-state index in [4.69, 9.17) is 9.47 Å². The Morgan fingerprint density at radius 3 is 2.62 bits per heavy atom. The monoisotopic (exact) mass is 186 g/mol. The van der Waals surface area contributed by atoms with Crippen LogP contribution in [0.4, 0.5) is 0 Å². The summed E-state index contributed by atoms with van der Waals surface area (Å²) in [5, 5.41) is 0. The van der Waals surface area contributed by atoms with Gasteiger partial charge in [-0.2, -0.15) is 0 Å². The molecule has 0 amide bonds. The van der Waals surface area contributed by atoms with Gasteiger partial charge in [-0.05, 0) is 0 Å². The molecule has 3 heteroatoms. The van der Waals surface area contributed by atoms with Crippen molar-refractivity contribution in [1.29, 1.82) is 0 Å². The molecule has 1 aliphatic rings. The molecule has 1 aliphatic heterocycles. The SMILES string of the molecule is CC1(c2ccc[c]([Na])c2)OCCO1. The molecule has 0 N–H and O–H groups in total. The molecular weight excluding hydrogens is 175 g/mol. The third kappa shape index (κ3) is 1.97. The standard InChI is InChI=1S/C10H11O2.Na/c1-10(11-7-8-12-10)9-5-3-2-4-6-9;/h2-3,5-6H,7-8H2,1H3;. The van der Waals surface area contributed by atoms with Crippen LogP contribution in [-0.2, 0) is 15.3 Å². The topological polar surface area (TPSA) is 18.5 Å². The first-order chi connectivity index (χ1) is 6.21. The zero-order chi connectivity index (χ0) is 9.31. The zero-order valence-corrected chi connectivity index (χ0v) is 10.0. The Bertz CT molecular complexity index is 306. The van der Waals surface area contributed by atoms with Crippen LogP contribution in [0.1, 0.15) is 12.5 Å². The summed E-state index contributed by atoms with van der Waals surface area (Å²) in [4.78, 5) is 0. The van der Waals surface area contributed by atoms with E-state index in [-0.39, 0.29) is 0 Å². The zero-order valence-electron chi connectivity index (χ0n) is 8.04. The van der Waals surface area contributed by atoms with Gasteiger partial charge in [0.1, 0.15) is 0 Å². The van der Waals surface area contributed by atoms with Gasteiger partial charge in [-0.15, -0.1) is 0 Å². The van der Waals surface area contributed by atoms with Crippen molar-refractivity contribution in [2.24, 2.45) is 0 Å². The molecule has 2 nitrogen and oxygen atoms in total. The minimum atomic E-state index is -0.500. The maximum absolute atomic E-state index is 5.57. The number of hydrogen-bond donors (Lipinski definition) is 0. The number of ether oxygens (including phenoxy) is 2. The molecule has 13 heavy (non-hydrogen) atoms. The Kier molecular flexibility index (Phi) is 2.77. The van der Waals surface area contributed by atoms with Crippen LogP contribution in [0.15, 0.2) is 24.3 Å². The van der Waals surface area contributed by atoms with Gasteiger partial charge in [0, 0.05) is 0 Å². The molecule has 0 bridgehead atoms. The normalized spacial score (nSPS) is 20.5. The van der Waals surface area contributed by atoms with Crippen molar-refractivity contribution in [2.45, 2.75) is 12.7 Å². The second-order valence-corrected chi connectivity index (χ2v) is 4.67. The molecule has 0 aromatic heterocycles. The summed E-state index contributed by atoms with van der Waals surface area (Å²) < 4.78 is 12.5. The molecule has 0 atom stereocenters. The Balaban J connectivity index is 2.33. The van der Waals surface area contributed by atoms with Gasteiger partial charge in [-0.3, -0.25) is 0 Å². The first-order valence-electron chi connectivity index (χ1n) is 4.56. The van der Waals surface area contributed by atoms with Gasteiger partial charge in [0.25, 0.3) is 0 Å². The Morgan fingerprint density at radius 1 is 1.31 bits per heavy atom. The molecule has 0 radical (unpaired) electrons. The van der Waals surface area contributed by atoms with Gasteiger partial charge in [-0.1, -0.05) is 0 Å². The Hall–Kier alpha value is 0.140. The van der Waals surface area contributed by atoms with Gasteiger partial charge in [0.15, 0.2) is 0 Å². The molecule has 0 spiro atoms. The summed E-state index contributed by atoms with van der Waals surface area (Å²) in [5.74, 6) is -0.500. The van der Waals surface area contributed by atoms with E-state index in [1.165, 1.54) is 2.81 Å². The summed E-state index contributed by atoms with van der Waals surface area (Å²) in [5.41, 5.74) is 1.14. The molecule has 1 aromatic carbocycles. The Morgan fingerprint density at radius 2 is 2.00 bits per heavy atom. The fourth-order valence-electron chi connectivity index (χ4n) is 1.61.